The number of nitrogen functional groups attached to an aromatic ring is 1. The van der Waals surface area contributed by atoms with E-state index in [4.69, 9.17) is 5.73 Å². The average molecular weight is 331 g/mol. The van der Waals surface area contributed by atoms with Crippen LogP contribution in [0, 0.1) is 6.92 Å². The average Bonchev–Trinajstić information content (AvgIpc) is 2.91. The fourth-order valence-corrected chi connectivity index (χ4v) is 3.25. The molecule has 0 atom stereocenters. The van der Waals surface area contributed by atoms with E-state index in [9.17, 15) is 8.42 Å². The van der Waals surface area contributed by atoms with Crippen LogP contribution < -0.4 is 5.73 Å². The first-order chi connectivity index (χ1) is 10.8. The van der Waals surface area contributed by atoms with Crippen LogP contribution in [0.5, 0.6) is 0 Å². The predicted molar refractivity (Wildman–Crippen MR) is 88.4 cm³/mol. The number of hydrogen-bond acceptors (Lipinski definition) is 5. The number of fused-ring (bicyclic) bond motifs is 1. The molecule has 3 rings (SSSR count). The van der Waals surface area contributed by atoms with Crippen LogP contribution in [0.4, 0.5) is 5.69 Å². The van der Waals surface area contributed by atoms with Crippen molar-refractivity contribution < 1.29 is 8.42 Å². The Bertz CT molecular complexity index is 975. The van der Waals surface area contributed by atoms with Crippen LogP contribution in [-0.2, 0) is 10.0 Å². The molecular weight excluding hydrogens is 314 g/mol. The molecule has 0 radical (unpaired) electrons. The molecular formula is C15H17N5O2S. The molecule has 0 bridgehead atoms. The largest absolute Gasteiger partial charge is 0.396 e. The van der Waals surface area contributed by atoms with E-state index in [0.29, 0.717) is 17.2 Å². The number of nitrogens with zero attached hydrogens (tertiary/aromatic N) is 4. The summed E-state index contributed by atoms with van der Waals surface area (Å²) in [6, 6.07) is 8.38. The van der Waals surface area contributed by atoms with E-state index in [1.165, 1.54) is 18.4 Å². The fraction of sp³-hybridized carbons (Fsp3) is 0.200. The van der Waals surface area contributed by atoms with E-state index in [1.807, 2.05) is 19.2 Å². The quantitative estimate of drug-likeness (QED) is 0.785. The van der Waals surface area contributed by atoms with E-state index in [0.717, 1.165) is 11.1 Å². The summed E-state index contributed by atoms with van der Waals surface area (Å²) in [6.45, 7) is 1.94. The van der Waals surface area contributed by atoms with Gasteiger partial charge < -0.3 is 5.73 Å². The predicted octanol–water partition coefficient (Wildman–Crippen LogP) is 1.54. The molecule has 0 spiro atoms. The minimum absolute atomic E-state index is 0.232. The minimum Gasteiger partial charge on any atom is -0.396 e. The zero-order chi connectivity index (χ0) is 16.8. The first kappa shape index (κ1) is 15.4. The molecule has 0 saturated heterocycles. The Kier molecular flexibility index (Phi) is 3.57. The monoisotopic (exact) mass is 331 g/mol. The molecule has 3 aromatic rings. The van der Waals surface area contributed by atoms with Gasteiger partial charge in [-0.15, -0.1) is 10.2 Å². The van der Waals surface area contributed by atoms with Crippen LogP contribution >= 0.6 is 0 Å². The molecule has 0 aliphatic carbocycles. The zero-order valence-electron chi connectivity index (χ0n) is 13.1. The van der Waals surface area contributed by atoms with Gasteiger partial charge in [-0.05, 0) is 42.8 Å². The van der Waals surface area contributed by atoms with Gasteiger partial charge in [-0.25, -0.2) is 12.7 Å². The number of aromatic nitrogens is 3. The van der Waals surface area contributed by atoms with Gasteiger partial charge in [-0.2, -0.15) is 0 Å². The number of aryl methyl sites for hydroxylation is 1. The molecule has 120 valence electrons. The number of pyridine rings is 1. The highest BCUT2D eigenvalue weighted by Gasteiger charge is 2.18. The van der Waals surface area contributed by atoms with Crippen molar-refractivity contribution in [3.63, 3.8) is 0 Å². The number of benzene rings is 1. The maximum absolute atomic E-state index is 12.1. The van der Waals surface area contributed by atoms with Crippen LogP contribution in [0.2, 0.25) is 0 Å². The molecule has 2 aromatic heterocycles. The lowest BCUT2D eigenvalue weighted by Gasteiger charge is -2.11. The highest BCUT2D eigenvalue weighted by molar-refractivity contribution is 7.89. The van der Waals surface area contributed by atoms with Crippen LogP contribution in [0.15, 0.2) is 41.4 Å². The van der Waals surface area contributed by atoms with Crippen molar-refractivity contribution in [2.45, 2.75) is 11.8 Å². The Balaban J connectivity index is 2.11. The van der Waals surface area contributed by atoms with Gasteiger partial charge in [0.25, 0.3) is 0 Å². The summed E-state index contributed by atoms with van der Waals surface area (Å²) in [5.41, 5.74) is 8.84. The number of sulfonamides is 1. The highest BCUT2D eigenvalue weighted by Crippen LogP contribution is 2.24. The normalized spacial score (nSPS) is 12.2. The molecule has 0 aliphatic rings. The van der Waals surface area contributed by atoms with Gasteiger partial charge in [-0.3, -0.25) is 4.40 Å². The fourth-order valence-electron chi connectivity index (χ4n) is 2.34. The molecule has 2 heterocycles. The van der Waals surface area contributed by atoms with Crippen molar-refractivity contribution in [2.75, 3.05) is 19.8 Å². The summed E-state index contributed by atoms with van der Waals surface area (Å²) in [5.74, 6) is 0.615. The highest BCUT2D eigenvalue weighted by atomic mass is 32.2. The molecule has 8 heteroatoms. The molecule has 0 unspecified atom stereocenters. The van der Waals surface area contributed by atoms with Gasteiger partial charge >= 0.3 is 0 Å². The van der Waals surface area contributed by atoms with Crippen molar-refractivity contribution >= 4 is 21.4 Å². The number of hydrogen-bond donors (Lipinski definition) is 1. The first-order valence-electron chi connectivity index (χ1n) is 6.94. The lowest BCUT2D eigenvalue weighted by molar-refractivity contribution is 0.521. The molecule has 1 aromatic carbocycles. The van der Waals surface area contributed by atoms with Crippen LogP contribution in [-0.4, -0.2) is 41.4 Å². The topological polar surface area (TPSA) is 93.6 Å². The third-order valence-electron chi connectivity index (χ3n) is 3.56. The zero-order valence-corrected chi connectivity index (χ0v) is 13.9. The SMILES string of the molecule is Cc1cc(N)c2nnc(-c3ccc(S(=O)(=O)N(C)C)cc3)n2c1. The summed E-state index contributed by atoms with van der Waals surface area (Å²) >= 11 is 0. The minimum atomic E-state index is -3.45. The number of nitrogens with two attached hydrogens (primary N) is 1. The molecule has 0 saturated carbocycles. The second-order valence-corrected chi connectivity index (χ2v) is 7.65. The molecule has 0 fully saturated rings. The molecule has 23 heavy (non-hydrogen) atoms. The van der Waals surface area contributed by atoms with Gasteiger partial charge in [0.1, 0.15) is 0 Å². The third kappa shape index (κ3) is 2.55. The lowest BCUT2D eigenvalue weighted by atomic mass is 10.2. The van der Waals surface area contributed by atoms with Crippen LogP contribution in [0.25, 0.3) is 17.0 Å². The van der Waals surface area contributed by atoms with Gasteiger partial charge in [-0.1, -0.05) is 0 Å². The van der Waals surface area contributed by atoms with Crippen molar-refractivity contribution in [3.05, 3.63) is 42.1 Å². The second kappa shape index (κ2) is 5.32. The number of anilines is 1. The summed E-state index contributed by atoms with van der Waals surface area (Å²) in [7, 11) is -0.446. The van der Waals surface area contributed by atoms with E-state index in [1.54, 1.807) is 28.7 Å². The van der Waals surface area contributed by atoms with E-state index in [2.05, 4.69) is 10.2 Å². The molecule has 7 nitrogen and oxygen atoms in total. The van der Waals surface area contributed by atoms with Crippen LogP contribution in [0.1, 0.15) is 5.56 Å². The lowest BCUT2D eigenvalue weighted by Crippen LogP contribution is -2.22. The Morgan fingerprint density at radius 1 is 1.13 bits per heavy atom. The summed E-state index contributed by atoms with van der Waals surface area (Å²) in [6.07, 6.45) is 1.89. The maximum Gasteiger partial charge on any atom is 0.242 e. The van der Waals surface area contributed by atoms with E-state index < -0.39 is 10.0 Å². The smallest absolute Gasteiger partial charge is 0.242 e. The van der Waals surface area contributed by atoms with Gasteiger partial charge in [0.05, 0.1) is 10.6 Å². The van der Waals surface area contributed by atoms with Crippen molar-refractivity contribution in [1.82, 2.24) is 18.9 Å². The summed E-state index contributed by atoms with van der Waals surface area (Å²) < 4.78 is 27.2. The third-order valence-corrected chi connectivity index (χ3v) is 5.39. The maximum atomic E-state index is 12.1. The summed E-state index contributed by atoms with van der Waals surface area (Å²) in [4.78, 5) is 0.232. The molecule has 0 amide bonds. The Hall–Kier alpha value is -2.45. The van der Waals surface area contributed by atoms with E-state index in [-0.39, 0.29) is 4.90 Å². The van der Waals surface area contributed by atoms with Crippen molar-refractivity contribution in [2.24, 2.45) is 0 Å². The van der Waals surface area contributed by atoms with Crippen molar-refractivity contribution in [3.8, 4) is 11.4 Å². The molecule has 2 N–H and O–H groups in total. The second-order valence-electron chi connectivity index (χ2n) is 5.50. The van der Waals surface area contributed by atoms with E-state index >= 15 is 0 Å². The Morgan fingerprint density at radius 3 is 2.39 bits per heavy atom. The Morgan fingerprint density at radius 2 is 1.78 bits per heavy atom. The van der Waals surface area contributed by atoms with Crippen LogP contribution in [0.3, 0.4) is 0 Å². The van der Waals surface area contributed by atoms with Gasteiger partial charge in [0, 0.05) is 25.9 Å². The van der Waals surface area contributed by atoms with Gasteiger partial charge in [0.15, 0.2) is 11.5 Å². The standard InChI is InChI=1S/C15H17N5O2S/c1-10-8-13(16)15-18-17-14(20(15)9-10)11-4-6-12(7-5-11)23(21,22)19(2)3/h4-9H,16H2,1-3H3. The first-order valence-corrected chi connectivity index (χ1v) is 8.38. The Labute approximate surface area is 134 Å². The molecule has 0 aliphatic heterocycles. The van der Waals surface area contributed by atoms with Crippen molar-refractivity contribution in [1.29, 1.82) is 0 Å². The van der Waals surface area contributed by atoms with Gasteiger partial charge in [0.2, 0.25) is 10.0 Å². The summed E-state index contributed by atoms with van der Waals surface area (Å²) in [5, 5.41) is 8.26. The number of rotatable bonds is 3.